The fourth-order valence-electron chi connectivity index (χ4n) is 6.47. The summed E-state index contributed by atoms with van der Waals surface area (Å²) in [4.78, 5) is 39.2. The monoisotopic (exact) mass is 635 g/mol. The highest BCUT2D eigenvalue weighted by Crippen LogP contribution is 2.27. The summed E-state index contributed by atoms with van der Waals surface area (Å²) in [6.45, 7) is 15.7. The van der Waals surface area contributed by atoms with Crippen LogP contribution >= 0.6 is 0 Å². The van der Waals surface area contributed by atoms with Gasteiger partial charge in [-0.25, -0.2) is 0 Å². The van der Waals surface area contributed by atoms with Crippen LogP contribution in [0.4, 0.5) is 0 Å². The second-order valence-electron chi connectivity index (χ2n) is 13.2. The van der Waals surface area contributed by atoms with Gasteiger partial charge in [-0.1, -0.05) is 65.9 Å². The van der Waals surface area contributed by atoms with Crippen LogP contribution in [0.3, 0.4) is 0 Å². The number of hydrogen-bond donors (Lipinski definition) is 4. The minimum atomic E-state index is -0.295. The lowest BCUT2D eigenvalue weighted by Gasteiger charge is -2.34. The van der Waals surface area contributed by atoms with E-state index in [1.165, 1.54) is 32.1 Å². The molecule has 1 heterocycles. The lowest BCUT2D eigenvalue weighted by Crippen LogP contribution is -2.53. The molecule has 0 spiro atoms. The molecule has 45 heavy (non-hydrogen) atoms. The Morgan fingerprint density at radius 3 is 2.18 bits per heavy atom. The molecule has 1 saturated carbocycles. The molecule has 0 radical (unpaired) electrons. The minimum absolute atomic E-state index is 0.0152. The van der Waals surface area contributed by atoms with Crippen LogP contribution in [0.2, 0.25) is 0 Å². The molecule has 10 heteroatoms. The minimum Gasteiger partial charge on any atom is -0.379 e. The molecule has 0 aromatic rings. The predicted molar refractivity (Wildman–Crippen MR) is 181 cm³/mol. The van der Waals surface area contributed by atoms with E-state index in [9.17, 15) is 14.4 Å². The van der Waals surface area contributed by atoms with E-state index in [-0.39, 0.29) is 42.0 Å². The molecule has 0 aromatic heterocycles. The zero-order valence-corrected chi connectivity index (χ0v) is 29.0. The highest BCUT2D eigenvalue weighted by Gasteiger charge is 2.35. The second-order valence-corrected chi connectivity index (χ2v) is 13.2. The van der Waals surface area contributed by atoms with Gasteiger partial charge in [-0.2, -0.15) is 0 Å². The first-order chi connectivity index (χ1) is 21.8. The van der Waals surface area contributed by atoms with E-state index in [1.54, 1.807) is 7.05 Å². The third kappa shape index (κ3) is 13.6. The molecule has 0 aromatic carbocycles. The Bertz CT molecular complexity index is 867. The van der Waals surface area contributed by atoms with E-state index in [0.717, 1.165) is 70.2 Å². The van der Waals surface area contributed by atoms with Crippen LogP contribution in [0.15, 0.2) is 12.3 Å². The predicted octanol–water partition coefficient (Wildman–Crippen LogP) is 4.29. The van der Waals surface area contributed by atoms with Gasteiger partial charge in [0.1, 0.15) is 6.04 Å². The topological polar surface area (TPSA) is 121 Å². The maximum absolute atomic E-state index is 13.5. The van der Waals surface area contributed by atoms with E-state index >= 15 is 0 Å². The summed E-state index contributed by atoms with van der Waals surface area (Å²) in [5.74, 6) is 0.781. The van der Waals surface area contributed by atoms with Crippen molar-refractivity contribution in [2.75, 3.05) is 40.0 Å². The van der Waals surface area contributed by atoms with Crippen LogP contribution in [0.25, 0.3) is 0 Å². The molecule has 0 bridgehead atoms. The van der Waals surface area contributed by atoms with Crippen molar-refractivity contribution in [1.82, 2.24) is 26.2 Å². The number of carbonyl (C=O) groups excluding carboxylic acids is 3. The number of likely N-dealkylation sites (N-methyl/N-ethyl adjacent to an activating group) is 1. The third-order valence-electron chi connectivity index (χ3n) is 9.96. The van der Waals surface area contributed by atoms with Gasteiger partial charge in [0.15, 0.2) is 0 Å². The standard InChI is InChI=1S/C35H65N5O5/c1-7-26(3)31(23-44-21-14-9-10-15-22-45-24-32(37-25-41)29-17-12-11-13-18-29)39-35(43)33-19-16-20-40(33)28(5)30(8-2)38-34(42)27(4)36-6/h25-27,29-33,36H,5,7-24H2,1-4,6H3,(H,37,41)(H,38,42)(H,39,43)/t26?,27?,30-,31+,32?,33?/m0/s1. The van der Waals surface area contributed by atoms with Gasteiger partial charge in [-0.3, -0.25) is 14.4 Å². The van der Waals surface area contributed by atoms with Crippen LogP contribution in [-0.2, 0) is 23.9 Å². The van der Waals surface area contributed by atoms with E-state index in [2.05, 4.69) is 46.6 Å². The van der Waals surface area contributed by atoms with Crippen molar-refractivity contribution < 1.29 is 23.9 Å². The van der Waals surface area contributed by atoms with Crippen LogP contribution in [-0.4, -0.2) is 93.4 Å². The first-order valence-electron chi connectivity index (χ1n) is 17.9. The molecular formula is C35H65N5O5. The summed E-state index contributed by atoms with van der Waals surface area (Å²) in [5, 5.41) is 12.3. The lowest BCUT2D eigenvalue weighted by atomic mass is 9.84. The summed E-state index contributed by atoms with van der Waals surface area (Å²) in [6.07, 6.45) is 14.5. The van der Waals surface area contributed by atoms with Gasteiger partial charge < -0.3 is 35.6 Å². The SMILES string of the molecule is C=C([C@H](CC)NC(=O)C(C)NC)N1CCCC1C(=O)N[C@H](COCCCCCCOCC(NC=O)C1CCCCC1)C(C)CC. The van der Waals surface area contributed by atoms with E-state index in [0.29, 0.717) is 38.1 Å². The quantitative estimate of drug-likeness (QED) is 0.0923. The fraction of sp³-hybridized carbons (Fsp3) is 0.857. The first-order valence-corrected chi connectivity index (χ1v) is 17.9. The van der Waals surface area contributed by atoms with E-state index < -0.39 is 0 Å². The molecule has 2 aliphatic rings. The Hall–Kier alpha value is -2.17. The molecule has 10 nitrogen and oxygen atoms in total. The van der Waals surface area contributed by atoms with Crippen molar-refractivity contribution in [1.29, 1.82) is 0 Å². The molecule has 1 aliphatic heterocycles. The molecule has 4 unspecified atom stereocenters. The number of hydrogen-bond acceptors (Lipinski definition) is 7. The lowest BCUT2D eigenvalue weighted by molar-refractivity contribution is -0.126. The molecule has 3 amide bonds. The Labute approximate surface area is 273 Å². The zero-order valence-electron chi connectivity index (χ0n) is 29.0. The Kier molecular flexibility index (Phi) is 19.4. The molecule has 1 aliphatic carbocycles. The Morgan fingerprint density at radius 2 is 1.58 bits per heavy atom. The normalized spacial score (nSPS) is 20.6. The molecule has 4 N–H and O–H groups in total. The van der Waals surface area contributed by atoms with Crippen molar-refractivity contribution in [2.45, 2.75) is 141 Å². The first kappa shape index (κ1) is 39.0. The third-order valence-corrected chi connectivity index (χ3v) is 9.96. The van der Waals surface area contributed by atoms with Gasteiger partial charge in [0.25, 0.3) is 0 Å². The fourth-order valence-corrected chi connectivity index (χ4v) is 6.47. The van der Waals surface area contributed by atoms with Crippen LogP contribution in [0, 0.1) is 11.8 Å². The summed E-state index contributed by atoms with van der Waals surface area (Å²) in [7, 11) is 1.76. The number of ether oxygens (including phenoxy) is 2. The zero-order chi connectivity index (χ0) is 33.0. The van der Waals surface area contributed by atoms with E-state index in [4.69, 9.17) is 9.47 Å². The van der Waals surface area contributed by atoms with Crippen LogP contribution in [0.1, 0.15) is 111 Å². The summed E-state index contributed by atoms with van der Waals surface area (Å²) < 4.78 is 12.0. The van der Waals surface area contributed by atoms with Crippen molar-refractivity contribution in [3.8, 4) is 0 Å². The van der Waals surface area contributed by atoms with Gasteiger partial charge in [0.05, 0.1) is 37.4 Å². The maximum atomic E-state index is 13.5. The Morgan fingerprint density at radius 1 is 0.911 bits per heavy atom. The highest BCUT2D eigenvalue weighted by atomic mass is 16.5. The molecular weight excluding hydrogens is 570 g/mol. The second kappa shape index (κ2) is 22.4. The van der Waals surface area contributed by atoms with E-state index in [1.807, 2.05) is 13.8 Å². The maximum Gasteiger partial charge on any atom is 0.242 e. The van der Waals surface area contributed by atoms with Gasteiger partial charge in [0, 0.05) is 25.5 Å². The van der Waals surface area contributed by atoms with Crippen molar-refractivity contribution >= 4 is 18.2 Å². The van der Waals surface area contributed by atoms with Crippen LogP contribution in [0.5, 0.6) is 0 Å². The average molecular weight is 636 g/mol. The van der Waals surface area contributed by atoms with Gasteiger partial charge in [-0.05, 0) is 70.8 Å². The number of amides is 3. The van der Waals surface area contributed by atoms with Crippen molar-refractivity contribution in [3.63, 3.8) is 0 Å². The summed E-state index contributed by atoms with van der Waals surface area (Å²) >= 11 is 0. The number of carbonyl (C=O) groups is 3. The van der Waals surface area contributed by atoms with Gasteiger partial charge in [-0.15, -0.1) is 0 Å². The molecule has 1 saturated heterocycles. The number of unbranched alkanes of at least 4 members (excludes halogenated alkanes) is 3. The summed E-state index contributed by atoms with van der Waals surface area (Å²) in [5.41, 5.74) is 0.801. The highest BCUT2D eigenvalue weighted by molar-refractivity contribution is 5.83. The average Bonchev–Trinajstić information content (AvgIpc) is 3.56. The van der Waals surface area contributed by atoms with Crippen molar-refractivity contribution in [2.24, 2.45) is 11.8 Å². The van der Waals surface area contributed by atoms with Crippen LogP contribution < -0.4 is 21.3 Å². The molecule has 2 rings (SSSR count). The number of likely N-dealkylation sites (tertiary alicyclic amines) is 1. The van der Waals surface area contributed by atoms with Gasteiger partial charge in [0.2, 0.25) is 18.2 Å². The Balaban J connectivity index is 1.70. The number of nitrogens with zero attached hydrogens (tertiary/aromatic N) is 1. The smallest absolute Gasteiger partial charge is 0.242 e. The number of rotatable bonds is 24. The molecule has 6 atom stereocenters. The molecule has 260 valence electrons. The summed E-state index contributed by atoms with van der Waals surface area (Å²) in [6, 6.07) is -0.705. The van der Waals surface area contributed by atoms with Gasteiger partial charge >= 0.3 is 0 Å². The number of nitrogens with one attached hydrogen (secondary N) is 4. The largest absolute Gasteiger partial charge is 0.379 e. The molecule has 2 fully saturated rings. The van der Waals surface area contributed by atoms with Crippen molar-refractivity contribution in [3.05, 3.63) is 12.3 Å².